The molecule has 1 aromatic carbocycles. The van der Waals surface area contributed by atoms with Gasteiger partial charge in [-0.3, -0.25) is 4.79 Å². The van der Waals surface area contributed by atoms with Gasteiger partial charge in [-0.2, -0.15) is 0 Å². The molecule has 0 radical (unpaired) electrons. The molecule has 0 bridgehead atoms. The van der Waals surface area contributed by atoms with Crippen LogP contribution in [0.4, 0.5) is 0 Å². The fourth-order valence-electron chi connectivity index (χ4n) is 2.17. The first-order chi connectivity index (χ1) is 10.2. The normalized spacial score (nSPS) is 12.1. The van der Waals surface area contributed by atoms with E-state index in [0.29, 0.717) is 19.5 Å². The Balaban J connectivity index is 1.91. The van der Waals surface area contributed by atoms with Crippen LogP contribution in [0.3, 0.4) is 0 Å². The Bertz CT molecular complexity index is 566. The lowest BCUT2D eigenvalue weighted by atomic mass is 9.98. The molecule has 0 saturated carbocycles. The van der Waals surface area contributed by atoms with Gasteiger partial charge in [-0.15, -0.1) is 10.2 Å². The van der Waals surface area contributed by atoms with E-state index in [1.165, 1.54) is 0 Å². The van der Waals surface area contributed by atoms with Crippen LogP contribution in [-0.2, 0) is 24.3 Å². The van der Waals surface area contributed by atoms with Crippen molar-refractivity contribution in [3.8, 4) is 0 Å². The van der Waals surface area contributed by atoms with Crippen molar-refractivity contribution >= 4 is 5.91 Å². The number of nitrogens with one attached hydrogen (secondary N) is 1. The van der Waals surface area contributed by atoms with Crippen LogP contribution in [0.25, 0.3) is 0 Å². The van der Waals surface area contributed by atoms with Gasteiger partial charge in [0.25, 0.3) is 0 Å². The van der Waals surface area contributed by atoms with Crippen molar-refractivity contribution in [2.75, 3.05) is 6.54 Å². The molecule has 21 heavy (non-hydrogen) atoms. The van der Waals surface area contributed by atoms with Crippen LogP contribution < -0.4 is 11.1 Å². The van der Waals surface area contributed by atoms with Crippen LogP contribution in [-0.4, -0.2) is 27.2 Å². The summed E-state index contributed by atoms with van der Waals surface area (Å²) < 4.78 is 1.90. The van der Waals surface area contributed by atoms with E-state index in [1.54, 1.807) is 6.33 Å². The molecule has 0 saturated heterocycles. The van der Waals surface area contributed by atoms with E-state index < -0.39 is 0 Å². The minimum atomic E-state index is -0.231. The molecule has 3 N–H and O–H groups in total. The summed E-state index contributed by atoms with van der Waals surface area (Å²) in [6.07, 6.45) is 2.30. The average molecular weight is 287 g/mol. The van der Waals surface area contributed by atoms with Gasteiger partial charge in [0.2, 0.25) is 5.91 Å². The van der Waals surface area contributed by atoms with Gasteiger partial charge < -0.3 is 15.6 Å². The second-order valence-corrected chi connectivity index (χ2v) is 4.87. The highest BCUT2D eigenvalue weighted by Crippen LogP contribution is 2.08. The molecule has 0 aliphatic carbocycles. The van der Waals surface area contributed by atoms with Crippen LogP contribution in [0.1, 0.15) is 18.3 Å². The maximum atomic E-state index is 12.2. The third-order valence-corrected chi connectivity index (χ3v) is 3.44. The number of aromatic nitrogens is 3. The fourth-order valence-corrected chi connectivity index (χ4v) is 2.17. The summed E-state index contributed by atoms with van der Waals surface area (Å²) in [5, 5.41) is 10.7. The smallest absolute Gasteiger partial charge is 0.225 e. The molecule has 0 aliphatic rings. The van der Waals surface area contributed by atoms with Crippen LogP contribution in [0.15, 0.2) is 36.7 Å². The Kier molecular flexibility index (Phi) is 5.45. The summed E-state index contributed by atoms with van der Waals surface area (Å²) in [6, 6.07) is 9.89. The Hall–Kier alpha value is -2.21. The zero-order valence-electron chi connectivity index (χ0n) is 12.2. The molecule has 112 valence electrons. The Morgan fingerprint density at radius 1 is 1.38 bits per heavy atom. The molecule has 0 spiro atoms. The quantitative estimate of drug-likeness (QED) is 0.786. The van der Waals surface area contributed by atoms with Gasteiger partial charge in [0, 0.05) is 13.1 Å². The number of carbonyl (C=O) groups excluding carboxylic acids is 1. The first-order valence-electron chi connectivity index (χ1n) is 7.13. The van der Waals surface area contributed by atoms with Gasteiger partial charge in [0.1, 0.15) is 6.33 Å². The SMILES string of the molecule is CCn1cnnc1CNC(=O)C(CN)Cc1ccccc1. The molecule has 1 heterocycles. The summed E-state index contributed by atoms with van der Waals surface area (Å²) in [5.41, 5.74) is 6.84. The van der Waals surface area contributed by atoms with E-state index in [0.717, 1.165) is 17.9 Å². The first-order valence-corrected chi connectivity index (χ1v) is 7.13. The Labute approximate surface area is 124 Å². The summed E-state index contributed by atoms with van der Waals surface area (Å²) in [4.78, 5) is 12.2. The highest BCUT2D eigenvalue weighted by Gasteiger charge is 2.17. The lowest BCUT2D eigenvalue weighted by molar-refractivity contribution is -0.124. The Morgan fingerprint density at radius 2 is 2.14 bits per heavy atom. The largest absolute Gasteiger partial charge is 0.349 e. The average Bonchev–Trinajstić information content (AvgIpc) is 2.98. The summed E-state index contributed by atoms with van der Waals surface area (Å²) in [5.74, 6) is 0.471. The fraction of sp³-hybridized carbons (Fsp3) is 0.400. The minimum Gasteiger partial charge on any atom is -0.349 e. The number of nitrogens with two attached hydrogens (primary N) is 1. The predicted octanol–water partition coefficient (Wildman–Crippen LogP) is 0.732. The van der Waals surface area contributed by atoms with Crippen molar-refractivity contribution in [2.24, 2.45) is 11.7 Å². The third-order valence-electron chi connectivity index (χ3n) is 3.44. The molecule has 2 rings (SSSR count). The van der Waals surface area contributed by atoms with Crippen LogP contribution in [0.5, 0.6) is 0 Å². The predicted molar refractivity (Wildman–Crippen MR) is 80.2 cm³/mol. The number of amides is 1. The number of hydrogen-bond donors (Lipinski definition) is 2. The van der Waals surface area contributed by atoms with Gasteiger partial charge in [0.15, 0.2) is 5.82 Å². The molecule has 1 atom stereocenters. The number of aryl methyl sites for hydroxylation is 1. The number of benzene rings is 1. The van der Waals surface area contributed by atoms with E-state index >= 15 is 0 Å². The first kappa shape index (κ1) is 15.2. The maximum absolute atomic E-state index is 12.2. The molecule has 1 aromatic heterocycles. The van der Waals surface area contributed by atoms with Crippen molar-refractivity contribution in [1.82, 2.24) is 20.1 Å². The zero-order valence-corrected chi connectivity index (χ0v) is 12.2. The van der Waals surface area contributed by atoms with Gasteiger partial charge in [0.05, 0.1) is 12.5 Å². The molecule has 0 fully saturated rings. The van der Waals surface area contributed by atoms with Crippen molar-refractivity contribution in [2.45, 2.75) is 26.4 Å². The standard InChI is InChI=1S/C15H21N5O/c1-2-20-11-18-19-14(20)10-17-15(21)13(9-16)8-12-6-4-3-5-7-12/h3-7,11,13H,2,8-10,16H2,1H3,(H,17,21). The maximum Gasteiger partial charge on any atom is 0.225 e. The van der Waals surface area contributed by atoms with E-state index in [4.69, 9.17) is 5.73 Å². The molecule has 1 amide bonds. The number of hydrogen-bond acceptors (Lipinski definition) is 4. The third kappa shape index (κ3) is 4.13. The lowest BCUT2D eigenvalue weighted by Crippen LogP contribution is -2.36. The van der Waals surface area contributed by atoms with Crippen molar-refractivity contribution in [1.29, 1.82) is 0 Å². The van der Waals surface area contributed by atoms with Crippen LogP contribution in [0.2, 0.25) is 0 Å². The number of nitrogens with zero attached hydrogens (tertiary/aromatic N) is 3. The Morgan fingerprint density at radius 3 is 2.81 bits per heavy atom. The zero-order chi connectivity index (χ0) is 15.1. The van der Waals surface area contributed by atoms with Crippen LogP contribution in [0, 0.1) is 5.92 Å². The highest BCUT2D eigenvalue weighted by atomic mass is 16.1. The van der Waals surface area contributed by atoms with Crippen molar-refractivity contribution in [3.05, 3.63) is 48.0 Å². The van der Waals surface area contributed by atoms with Crippen molar-refractivity contribution in [3.63, 3.8) is 0 Å². The summed E-state index contributed by atoms with van der Waals surface area (Å²) >= 11 is 0. The van der Waals surface area contributed by atoms with Gasteiger partial charge in [-0.25, -0.2) is 0 Å². The topological polar surface area (TPSA) is 85.8 Å². The number of carbonyl (C=O) groups is 1. The monoisotopic (exact) mass is 287 g/mol. The van der Waals surface area contributed by atoms with E-state index in [2.05, 4.69) is 15.5 Å². The molecular weight excluding hydrogens is 266 g/mol. The molecule has 6 nitrogen and oxygen atoms in total. The molecule has 0 aliphatic heterocycles. The van der Waals surface area contributed by atoms with E-state index in [1.807, 2.05) is 41.8 Å². The highest BCUT2D eigenvalue weighted by molar-refractivity contribution is 5.79. The van der Waals surface area contributed by atoms with Crippen LogP contribution >= 0.6 is 0 Å². The summed E-state index contributed by atoms with van der Waals surface area (Å²) in [6.45, 7) is 3.48. The number of rotatable bonds is 7. The van der Waals surface area contributed by atoms with Crippen molar-refractivity contribution < 1.29 is 4.79 Å². The molecular formula is C15H21N5O. The minimum absolute atomic E-state index is 0.0491. The lowest BCUT2D eigenvalue weighted by Gasteiger charge is -2.15. The van der Waals surface area contributed by atoms with Gasteiger partial charge >= 0.3 is 0 Å². The molecule has 1 unspecified atom stereocenters. The van der Waals surface area contributed by atoms with E-state index in [-0.39, 0.29) is 11.8 Å². The van der Waals surface area contributed by atoms with Gasteiger partial charge in [-0.1, -0.05) is 30.3 Å². The summed E-state index contributed by atoms with van der Waals surface area (Å²) in [7, 11) is 0. The molecule has 2 aromatic rings. The molecule has 6 heteroatoms. The second-order valence-electron chi connectivity index (χ2n) is 4.87. The van der Waals surface area contributed by atoms with E-state index in [9.17, 15) is 4.79 Å². The van der Waals surface area contributed by atoms with Gasteiger partial charge in [-0.05, 0) is 18.9 Å². The second kappa shape index (κ2) is 7.54.